The van der Waals surface area contributed by atoms with Crippen LogP contribution in [0.2, 0.25) is 0 Å². The molecule has 0 aromatic heterocycles. The maximum Gasteiger partial charge on any atom is 0.244 e. The van der Waals surface area contributed by atoms with Crippen LogP contribution >= 0.6 is 11.8 Å². The van der Waals surface area contributed by atoms with Crippen molar-refractivity contribution >= 4 is 29.0 Å². The van der Waals surface area contributed by atoms with Crippen LogP contribution in [0.15, 0.2) is 59.6 Å². The fourth-order valence-corrected chi connectivity index (χ4v) is 5.89. The van der Waals surface area contributed by atoms with E-state index in [1.807, 2.05) is 73.0 Å². The fraction of sp³-hybridized carbons (Fsp3) is 0.464. The minimum atomic E-state index is -0.305. The van der Waals surface area contributed by atoms with Crippen molar-refractivity contribution in [3.63, 3.8) is 0 Å². The predicted molar refractivity (Wildman–Crippen MR) is 145 cm³/mol. The summed E-state index contributed by atoms with van der Waals surface area (Å²) < 4.78 is 15.2. The van der Waals surface area contributed by atoms with Crippen molar-refractivity contribution in [3.8, 4) is 0 Å². The summed E-state index contributed by atoms with van der Waals surface area (Å²) in [5.41, 5.74) is 2.55. The number of hydrogen-bond donors (Lipinski definition) is 0. The number of nitrogens with zero attached hydrogens (tertiary/aromatic N) is 4. The zero-order chi connectivity index (χ0) is 24.9. The van der Waals surface area contributed by atoms with Crippen LogP contribution in [-0.4, -0.2) is 60.9 Å². The van der Waals surface area contributed by atoms with Gasteiger partial charge in [-0.05, 0) is 43.5 Å². The Labute approximate surface area is 213 Å². The molecule has 35 heavy (non-hydrogen) atoms. The average Bonchev–Trinajstić information content (AvgIpc) is 3.37. The third kappa shape index (κ3) is 5.67. The highest BCUT2D eigenvalue weighted by Gasteiger charge is 2.33. The van der Waals surface area contributed by atoms with Crippen LogP contribution in [0.25, 0.3) is 0 Å². The van der Waals surface area contributed by atoms with Crippen LogP contribution in [0, 0.1) is 11.7 Å². The molecular formula is C28H37FN4OS. The first kappa shape index (κ1) is 25.6. The summed E-state index contributed by atoms with van der Waals surface area (Å²) in [6, 6.07) is 15.3. The summed E-state index contributed by atoms with van der Waals surface area (Å²) in [7, 11) is 0. The van der Waals surface area contributed by atoms with Crippen LogP contribution in [0.4, 0.5) is 15.8 Å². The van der Waals surface area contributed by atoms with E-state index in [4.69, 9.17) is 0 Å². The number of piperazine rings is 1. The number of rotatable bonds is 8. The van der Waals surface area contributed by atoms with E-state index >= 15 is 4.39 Å². The number of allylic oxidation sites excluding steroid dienone is 1. The minimum Gasteiger partial charge on any atom is -0.367 e. The van der Waals surface area contributed by atoms with Gasteiger partial charge in [-0.15, -0.1) is 11.8 Å². The lowest BCUT2D eigenvalue weighted by atomic mass is 10.0. The van der Waals surface area contributed by atoms with Gasteiger partial charge in [0.15, 0.2) is 0 Å². The number of thioether (sulfide) groups is 1. The molecule has 0 radical (unpaired) electrons. The molecule has 0 saturated carbocycles. The van der Waals surface area contributed by atoms with Gasteiger partial charge in [-0.1, -0.05) is 44.2 Å². The molecule has 7 heteroatoms. The van der Waals surface area contributed by atoms with Crippen molar-refractivity contribution < 1.29 is 9.18 Å². The van der Waals surface area contributed by atoms with Crippen molar-refractivity contribution in [2.75, 3.05) is 54.9 Å². The normalized spacial score (nSPS) is 17.6. The zero-order valence-electron chi connectivity index (χ0n) is 21.3. The standard InChI is InChI=1S/C28H37FN4OS/c1-5-30(6-2)28(34)27(22-10-8-7-9-11-22)32-16-14-31(15-17-32)25-13-12-23(18-24(25)29)33-19-26(21(3)4)35-20-33/h7-13,18-19,21,27H,5-6,14-17,20H2,1-4H3. The van der Waals surface area contributed by atoms with E-state index in [0.717, 1.165) is 17.1 Å². The quantitative estimate of drug-likeness (QED) is 0.477. The maximum atomic E-state index is 15.2. The van der Waals surface area contributed by atoms with Crippen molar-refractivity contribution in [1.29, 1.82) is 0 Å². The van der Waals surface area contributed by atoms with Gasteiger partial charge in [0.25, 0.3) is 0 Å². The molecule has 0 bridgehead atoms. The number of benzene rings is 2. The second-order valence-electron chi connectivity index (χ2n) is 9.41. The molecule has 188 valence electrons. The van der Waals surface area contributed by atoms with Crippen LogP contribution in [0.5, 0.6) is 0 Å². The second-order valence-corrected chi connectivity index (χ2v) is 10.4. The van der Waals surface area contributed by atoms with E-state index in [1.165, 1.54) is 4.91 Å². The van der Waals surface area contributed by atoms with E-state index in [2.05, 4.69) is 34.7 Å². The second kappa shape index (κ2) is 11.5. The molecule has 4 rings (SSSR count). The minimum absolute atomic E-state index is 0.141. The number of likely N-dealkylation sites (N-methyl/N-ethyl adjacent to an activating group) is 1. The topological polar surface area (TPSA) is 30.0 Å². The largest absolute Gasteiger partial charge is 0.367 e. The Hall–Kier alpha value is -2.51. The summed E-state index contributed by atoms with van der Waals surface area (Å²) >= 11 is 1.82. The molecule has 1 atom stereocenters. The predicted octanol–water partition coefficient (Wildman–Crippen LogP) is 5.57. The maximum absolute atomic E-state index is 15.2. The summed E-state index contributed by atoms with van der Waals surface area (Å²) in [6.07, 6.45) is 2.14. The van der Waals surface area contributed by atoms with Gasteiger partial charge in [-0.3, -0.25) is 9.69 Å². The molecule has 0 spiro atoms. The van der Waals surface area contributed by atoms with E-state index in [0.29, 0.717) is 50.9 Å². The number of halogens is 1. The van der Waals surface area contributed by atoms with E-state index in [9.17, 15) is 4.79 Å². The molecule has 2 aliphatic heterocycles. The highest BCUT2D eigenvalue weighted by atomic mass is 32.2. The molecule has 5 nitrogen and oxygen atoms in total. The Bertz CT molecular complexity index is 1030. The lowest BCUT2D eigenvalue weighted by molar-refractivity contribution is -0.137. The number of hydrogen-bond acceptors (Lipinski definition) is 5. The lowest BCUT2D eigenvalue weighted by Gasteiger charge is -2.41. The first-order valence-corrected chi connectivity index (χ1v) is 13.6. The van der Waals surface area contributed by atoms with Gasteiger partial charge in [0.05, 0.1) is 11.6 Å². The van der Waals surface area contributed by atoms with Gasteiger partial charge >= 0.3 is 0 Å². The smallest absolute Gasteiger partial charge is 0.244 e. The molecule has 1 saturated heterocycles. The van der Waals surface area contributed by atoms with Crippen molar-refractivity contribution in [2.45, 2.75) is 33.7 Å². The van der Waals surface area contributed by atoms with Gasteiger partial charge in [0.1, 0.15) is 11.9 Å². The number of anilines is 2. The Balaban J connectivity index is 1.47. The Morgan fingerprint density at radius 1 is 1.03 bits per heavy atom. The molecular weight excluding hydrogens is 459 g/mol. The molecule has 2 aromatic carbocycles. The highest BCUT2D eigenvalue weighted by molar-refractivity contribution is 8.03. The van der Waals surface area contributed by atoms with Crippen molar-refractivity contribution in [3.05, 3.63) is 71.0 Å². The summed E-state index contributed by atoms with van der Waals surface area (Å²) in [6.45, 7) is 12.6. The van der Waals surface area contributed by atoms with Gasteiger partial charge in [0, 0.05) is 56.1 Å². The molecule has 0 N–H and O–H groups in total. The zero-order valence-corrected chi connectivity index (χ0v) is 22.1. The summed E-state index contributed by atoms with van der Waals surface area (Å²) in [4.78, 5) is 23.1. The molecule has 1 fully saturated rings. The van der Waals surface area contributed by atoms with Gasteiger partial charge in [-0.2, -0.15) is 0 Å². The van der Waals surface area contributed by atoms with Crippen LogP contribution in [0.3, 0.4) is 0 Å². The van der Waals surface area contributed by atoms with E-state index in [-0.39, 0.29) is 17.8 Å². The first-order chi connectivity index (χ1) is 16.9. The molecule has 0 aliphatic carbocycles. The Morgan fingerprint density at radius 3 is 2.29 bits per heavy atom. The fourth-order valence-electron chi connectivity index (χ4n) is 4.84. The van der Waals surface area contributed by atoms with E-state index < -0.39 is 0 Å². The van der Waals surface area contributed by atoms with Gasteiger partial charge in [0.2, 0.25) is 5.91 Å². The molecule has 2 heterocycles. The summed E-state index contributed by atoms with van der Waals surface area (Å²) in [5, 5.41) is 0. The molecule has 1 unspecified atom stereocenters. The van der Waals surface area contributed by atoms with Crippen molar-refractivity contribution in [2.24, 2.45) is 5.92 Å². The van der Waals surface area contributed by atoms with Crippen LogP contribution in [-0.2, 0) is 4.79 Å². The van der Waals surface area contributed by atoms with Crippen LogP contribution in [0.1, 0.15) is 39.3 Å². The lowest BCUT2D eigenvalue weighted by Crippen LogP contribution is -2.51. The molecule has 2 aromatic rings. The number of amides is 1. The SMILES string of the molecule is CCN(CC)C(=O)C(c1ccccc1)N1CCN(c2ccc(N3C=C(C(C)C)SC3)cc2F)CC1. The van der Waals surface area contributed by atoms with Crippen molar-refractivity contribution in [1.82, 2.24) is 9.80 Å². The van der Waals surface area contributed by atoms with Gasteiger partial charge < -0.3 is 14.7 Å². The monoisotopic (exact) mass is 496 g/mol. The number of carbonyl (C=O) groups excluding carboxylic acids is 1. The van der Waals surface area contributed by atoms with E-state index in [1.54, 1.807) is 6.07 Å². The number of carbonyl (C=O) groups is 1. The third-order valence-corrected chi connectivity index (χ3v) is 8.25. The molecule has 1 amide bonds. The third-order valence-electron chi connectivity index (χ3n) is 6.93. The average molecular weight is 497 g/mol. The highest BCUT2D eigenvalue weighted by Crippen LogP contribution is 2.36. The first-order valence-electron chi connectivity index (χ1n) is 12.7. The summed E-state index contributed by atoms with van der Waals surface area (Å²) in [5.74, 6) is 1.26. The molecule has 2 aliphatic rings. The Morgan fingerprint density at radius 2 is 1.71 bits per heavy atom. The van der Waals surface area contributed by atoms with Gasteiger partial charge in [-0.25, -0.2) is 4.39 Å². The Kier molecular flexibility index (Phi) is 8.39. The van der Waals surface area contributed by atoms with Crippen LogP contribution < -0.4 is 9.80 Å².